The number of aryl methyl sites for hydroxylation is 2. The molecule has 3 rings (SSSR count). The van der Waals surface area contributed by atoms with Gasteiger partial charge in [0.2, 0.25) is 0 Å². The molecule has 0 unspecified atom stereocenters. The van der Waals surface area contributed by atoms with Gasteiger partial charge in [0.25, 0.3) is 0 Å². The van der Waals surface area contributed by atoms with Crippen LogP contribution in [0.1, 0.15) is 17.7 Å². The van der Waals surface area contributed by atoms with E-state index in [9.17, 15) is 0 Å². The van der Waals surface area contributed by atoms with Gasteiger partial charge in [0.15, 0.2) is 16.6 Å². The summed E-state index contributed by atoms with van der Waals surface area (Å²) in [6.07, 6.45) is 4.64. The highest BCUT2D eigenvalue weighted by molar-refractivity contribution is 7.80. The molecule has 8 heteroatoms. The largest absolute Gasteiger partial charge is 0.493 e. The molecule has 0 aliphatic carbocycles. The molecule has 164 valence electrons. The number of hydrogen-bond acceptors (Lipinski definition) is 4. The Balaban J connectivity index is 1.74. The van der Waals surface area contributed by atoms with Crippen LogP contribution in [0.5, 0.6) is 11.5 Å². The molecule has 0 amide bonds. The molecule has 0 aliphatic heterocycles. The normalized spacial score (nSPS) is 10.6. The van der Waals surface area contributed by atoms with E-state index in [2.05, 4.69) is 21.8 Å². The van der Waals surface area contributed by atoms with E-state index in [1.165, 1.54) is 0 Å². The molecule has 6 nitrogen and oxygen atoms in total. The zero-order valence-electron chi connectivity index (χ0n) is 18.0. The maximum Gasteiger partial charge on any atom is 0.173 e. The van der Waals surface area contributed by atoms with E-state index in [-0.39, 0.29) is 0 Å². The van der Waals surface area contributed by atoms with Crippen LogP contribution >= 0.6 is 23.8 Å². The highest BCUT2D eigenvalue weighted by atomic mass is 35.5. The summed E-state index contributed by atoms with van der Waals surface area (Å²) in [6.45, 7) is 4.25. The molecule has 0 atom stereocenters. The summed E-state index contributed by atoms with van der Waals surface area (Å²) in [5.74, 6) is 1.32. The SMILES string of the molecule is COc1ccc(N(Cc2cccc(Cl)c2)C(=S)NCCCn2cncc2C)cc1OC. The van der Waals surface area contributed by atoms with Crippen LogP contribution in [-0.4, -0.2) is 35.4 Å². The van der Waals surface area contributed by atoms with Crippen molar-refractivity contribution in [1.82, 2.24) is 14.9 Å². The van der Waals surface area contributed by atoms with Gasteiger partial charge >= 0.3 is 0 Å². The molecule has 0 spiro atoms. The highest BCUT2D eigenvalue weighted by Gasteiger charge is 2.16. The third-order valence-corrected chi connectivity index (χ3v) is 5.53. The van der Waals surface area contributed by atoms with Gasteiger partial charge < -0.3 is 24.3 Å². The van der Waals surface area contributed by atoms with Crippen LogP contribution in [0.2, 0.25) is 5.02 Å². The number of hydrogen-bond donors (Lipinski definition) is 1. The second-order valence-electron chi connectivity index (χ2n) is 7.07. The summed E-state index contributed by atoms with van der Waals surface area (Å²) in [4.78, 5) is 6.20. The Morgan fingerprint density at radius 1 is 1.16 bits per heavy atom. The van der Waals surface area contributed by atoms with Gasteiger partial charge in [0.05, 0.1) is 27.1 Å². The molecule has 0 radical (unpaired) electrons. The standard InChI is InChI=1S/C23H27ClN4O2S/c1-17-14-25-16-27(17)11-5-10-26-23(31)28(15-18-6-4-7-19(24)12-18)20-8-9-21(29-2)22(13-20)30-3/h4,6-9,12-14,16H,5,10-11,15H2,1-3H3,(H,26,31). The topological polar surface area (TPSA) is 51.5 Å². The summed E-state index contributed by atoms with van der Waals surface area (Å²) >= 11 is 12.0. The second-order valence-corrected chi connectivity index (χ2v) is 7.89. The van der Waals surface area contributed by atoms with Gasteiger partial charge in [-0.25, -0.2) is 4.98 Å². The fraction of sp³-hybridized carbons (Fsp3) is 0.304. The van der Waals surface area contributed by atoms with Crippen molar-refractivity contribution in [2.75, 3.05) is 25.7 Å². The maximum absolute atomic E-state index is 6.19. The monoisotopic (exact) mass is 458 g/mol. The van der Waals surface area contributed by atoms with Crippen molar-refractivity contribution in [2.45, 2.75) is 26.4 Å². The number of imidazole rings is 1. The number of thiocarbonyl (C=S) groups is 1. The minimum absolute atomic E-state index is 0.572. The van der Waals surface area contributed by atoms with Crippen molar-refractivity contribution in [3.63, 3.8) is 0 Å². The molecule has 1 aromatic heterocycles. The smallest absolute Gasteiger partial charge is 0.173 e. The molecule has 3 aromatic rings. The molecule has 0 saturated carbocycles. The average molecular weight is 459 g/mol. The fourth-order valence-electron chi connectivity index (χ4n) is 3.25. The van der Waals surface area contributed by atoms with Crippen molar-refractivity contribution < 1.29 is 9.47 Å². The number of anilines is 1. The lowest BCUT2D eigenvalue weighted by molar-refractivity contribution is 0.355. The quantitative estimate of drug-likeness (QED) is 0.366. The molecule has 1 N–H and O–H groups in total. The Morgan fingerprint density at radius 2 is 1.97 bits per heavy atom. The van der Waals surface area contributed by atoms with Crippen LogP contribution in [0.25, 0.3) is 0 Å². The van der Waals surface area contributed by atoms with Crippen LogP contribution in [0, 0.1) is 6.92 Å². The predicted molar refractivity (Wildman–Crippen MR) is 129 cm³/mol. The van der Waals surface area contributed by atoms with E-state index in [1.54, 1.807) is 14.2 Å². The van der Waals surface area contributed by atoms with Gasteiger partial charge in [-0.15, -0.1) is 0 Å². The fourth-order valence-corrected chi connectivity index (χ4v) is 3.74. The first-order chi connectivity index (χ1) is 15.0. The second kappa shape index (κ2) is 11.0. The van der Waals surface area contributed by atoms with Gasteiger partial charge in [0, 0.05) is 41.8 Å². The number of halogens is 1. The first-order valence-corrected chi connectivity index (χ1v) is 10.8. The van der Waals surface area contributed by atoms with Crippen molar-refractivity contribution in [3.8, 4) is 11.5 Å². The molecule has 0 fully saturated rings. The van der Waals surface area contributed by atoms with Gasteiger partial charge in [-0.2, -0.15) is 0 Å². The number of methoxy groups -OCH3 is 2. The van der Waals surface area contributed by atoms with Crippen LogP contribution in [0.4, 0.5) is 5.69 Å². The first-order valence-electron chi connectivity index (χ1n) is 10.0. The minimum Gasteiger partial charge on any atom is -0.493 e. The third kappa shape index (κ3) is 6.12. The van der Waals surface area contributed by atoms with E-state index in [4.69, 9.17) is 33.3 Å². The third-order valence-electron chi connectivity index (χ3n) is 4.93. The Hall–Kier alpha value is -2.77. The molecular formula is C23H27ClN4O2S. The summed E-state index contributed by atoms with van der Waals surface area (Å²) < 4.78 is 13.0. The lowest BCUT2D eigenvalue weighted by Gasteiger charge is -2.27. The molecule has 0 saturated heterocycles. The number of nitrogens with one attached hydrogen (secondary N) is 1. The lowest BCUT2D eigenvalue weighted by Crippen LogP contribution is -2.40. The van der Waals surface area contributed by atoms with Gasteiger partial charge in [-0.1, -0.05) is 23.7 Å². The van der Waals surface area contributed by atoms with Crippen molar-refractivity contribution in [1.29, 1.82) is 0 Å². The average Bonchev–Trinajstić information content (AvgIpc) is 3.19. The van der Waals surface area contributed by atoms with Crippen LogP contribution in [0.15, 0.2) is 55.0 Å². The van der Waals surface area contributed by atoms with E-state index in [0.29, 0.717) is 28.2 Å². The van der Waals surface area contributed by atoms with Gasteiger partial charge in [-0.3, -0.25) is 0 Å². The van der Waals surface area contributed by atoms with E-state index >= 15 is 0 Å². The number of ether oxygens (including phenoxy) is 2. The Bertz CT molecular complexity index is 1020. The van der Waals surface area contributed by atoms with Crippen molar-refractivity contribution >= 4 is 34.6 Å². The zero-order valence-corrected chi connectivity index (χ0v) is 19.5. The first kappa shape index (κ1) is 22.9. The zero-order chi connectivity index (χ0) is 22.2. The molecule has 0 bridgehead atoms. The van der Waals surface area contributed by atoms with Crippen LogP contribution in [-0.2, 0) is 13.1 Å². The van der Waals surface area contributed by atoms with Crippen molar-refractivity contribution in [3.05, 3.63) is 71.3 Å². The van der Waals surface area contributed by atoms with E-state index < -0.39 is 0 Å². The molecule has 31 heavy (non-hydrogen) atoms. The van der Waals surface area contributed by atoms with Gasteiger partial charge in [0.1, 0.15) is 0 Å². The molecule has 2 aromatic carbocycles. The predicted octanol–water partition coefficient (Wildman–Crippen LogP) is 4.83. The summed E-state index contributed by atoms with van der Waals surface area (Å²) in [7, 11) is 3.24. The highest BCUT2D eigenvalue weighted by Crippen LogP contribution is 2.32. The summed E-state index contributed by atoms with van der Waals surface area (Å²) in [5, 5.41) is 4.71. The number of aromatic nitrogens is 2. The number of benzene rings is 2. The van der Waals surface area contributed by atoms with Crippen molar-refractivity contribution in [2.24, 2.45) is 0 Å². The minimum atomic E-state index is 0.572. The summed E-state index contributed by atoms with van der Waals surface area (Å²) in [5.41, 5.74) is 3.11. The van der Waals surface area contributed by atoms with Gasteiger partial charge in [-0.05, 0) is 55.4 Å². The Morgan fingerprint density at radius 3 is 2.65 bits per heavy atom. The van der Waals surface area contributed by atoms with Crippen LogP contribution < -0.4 is 19.7 Å². The molecule has 1 heterocycles. The number of rotatable bonds is 9. The maximum atomic E-state index is 6.19. The Kier molecular flexibility index (Phi) is 8.14. The Labute approximate surface area is 193 Å². The number of nitrogens with zero attached hydrogens (tertiary/aromatic N) is 3. The van der Waals surface area contributed by atoms with E-state index in [0.717, 1.165) is 36.5 Å². The van der Waals surface area contributed by atoms with E-state index in [1.807, 2.05) is 59.9 Å². The molecule has 0 aliphatic rings. The summed E-state index contributed by atoms with van der Waals surface area (Å²) in [6, 6.07) is 13.5. The lowest BCUT2D eigenvalue weighted by atomic mass is 10.2. The van der Waals surface area contributed by atoms with Crippen LogP contribution in [0.3, 0.4) is 0 Å². The molecular weight excluding hydrogens is 432 g/mol.